The van der Waals surface area contributed by atoms with Crippen molar-refractivity contribution in [3.63, 3.8) is 0 Å². The third kappa shape index (κ3) is 4.94. The van der Waals surface area contributed by atoms with E-state index in [0.29, 0.717) is 23.1 Å². The third-order valence-electron chi connectivity index (χ3n) is 5.94. The second-order valence-electron chi connectivity index (χ2n) is 8.47. The number of halogens is 3. The van der Waals surface area contributed by atoms with Crippen molar-refractivity contribution < 1.29 is 4.39 Å². The minimum absolute atomic E-state index is 0.108. The van der Waals surface area contributed by atoms with Crippen molar-refractivity contribution in [1.29, 1.82) is 0 Å². The molecule has 2 N–H and O–H groups in total. The van der Waals surface area contributed by atoms with E-state index in [4.69, 9.17) is 23.2 Å². The number of likely N-dealkylation sites (tertiary alicyclic amines) is 1. The molecule has 10 heteroatoms. The highest BCUT2D eigenvalue weighted by atomic mass is 35.5. The molecular formula is C24H24Cl2FN7. The van der Waals surface area contributed by atoms with E-state index in [0.717, 1.165) is 32.5 Å². The van der Waals surface area contributed by atoms with Crippen LogP contribution < -0.4 is 10.6 Å². The molecule has 0 bridgehead atoms. The zero-order valence-corrected chi connectivity index (χ0v) is 20.1. The van der Waals surface area contributed by atoms with Crippen LogP contribution in [0.3, 0.4) is 0 Å². The Morgan fingerprint density at radius 2 is 1.97 bits per heavy atom. The van der Waals surface area contributed by atoms with E-state index in [2.05, 4.69) is 54.8 Å². The van der Waals surface area contributed by atoms with E-state index < -0.39 is 5.82 Å². The first-order valence-electron chi connectivity index (χ1n) is 11.1. The number of rotatable bonds is 6. The van der Waals surface area contributed by atoms with Crippen LogP contribution in [-0.2, 0) is 13.6 Å². The van der Waals surface area contributed by atoms with Gasteiger partial charge in [0.1, 0.15) is 11.3 Å². The first kappa shape index (κ1) is 22.8. The number of anilines is 3. The molecule has 1 aliphatic heterocycles. The molecule has 1 aliphatic rings. The Hall–Kier alpha value is -2.94. The number of benzene rings is 2. The van der Waals surface area contributed by atoms with Crippen LogP contribution in [0, 0.1) is 5.82 Å². The fourth-order valence-electron chi connectivity index (χ4n) is 4.28. The summed E-state index contributed by atoms with van der Waals surface area (Å²) in [5, 5.41) is 6.82. The van der Waals surface area contributed by atoms with Crippen LogP contribution in [0.4, 0.5) is 22.0 Å². The average Bonchev–Trinajstić information content (AvgIpc) is 3.12. The maximum absolute atomic E-state index is 14.4. The van der Waals surface area contributed by atoms with Crippen LogP contribution in [0.25, 0.3) is 11.2 Å². The number of aromatic nitrogens is 4. The van der Waals surface area contributed by atoms with Gasteiger partial charge in [0.05, 0.1) is 16.9 Å². The molecule has 7 nitrogen and oxygen atoms in total. The van der Waals surface area contributed by atoms with Crippen molar-refractivity contribution in [2.75, 3.05) is 23.7 Å². The van der Waals surface area contributed by atoms with E-state index in [1.165, 1.54) is 17.7 Å². The van der Waals surface area contributed by atoms with Crippen molar-refractivity contribution in [2.45, 2.75) is 25.4 Å². The van der Waals surface area contributed by atoms with E-state index in [-0.39, 0.29) is 21.8 Å². The summed E-state index contributed by atoms with van der Waals surface area (Å²) in [7, 11) is 1.80. The van der Waals surface area contributed by atoms with Crippen LogP contribution in [0.2, 0.25) is 10.0 Å². The van der Waals surface area contributed by atoms with Gasteiger partial charge >= 0.3 is 0 Å². The van der Waals surface area contributed by atoms with Gasteiger partial charge in [-0.25, -0.2) is 14.4 Å². The zero-order valence-electron chi connectivity index (χ0n) is 18.6. The third-order valence-corrected chi connectivity index (χ3v) is 6.46. The van der Waals surface area contributed by atoms with Gasteiger partial charge in [0.15, 0.2) is 5.65 Å². The monoisotopic (exact) mass is 499 g/mol. The van der Waals surface area contributed by atoms with Gasteiger partial charge in [-0.05, 0) is 37.1 Å². The van der Waals surface area contributed by atoms with E-state index in [9.17, 15) is 4.39 Å². The van der Waals surface area contributed by atoms with Gasteiger partial charge in [-0.15, -0.1) is 0 Å². The summed E-state index contributed by atoms with van der Waals surface area (Å²) in [6, 6.07) is 13.4. The summed E-state index contributed by atoms with van der Waals surface area (Å²) in [6.45, 7) is 2.93. The summed E-state index contributed by atoms with van der Waals surface area (Å²) in [5.74, 6) is 0.385. The molecule has 1 fully saturated rings. The molecule has 2 aromatic carbocycles. The zero-order chi connectivity index (χ0) is 23.7. The van der Waals surface area contributed by atoms with Gasteiger partial charge in [-0.1, -0.05) is 53.5 Å². The summed E-state index contributed by atoms with van der Waals surface area (Å²) in [4.78, 5) is 16.1. The Morgan fingerprint density at radius 1 is 1.15 bits per heavy atom. The van der Waals surface area contributed by atoms with Crippen LogP contribution in [0.5, 0.6) is 0 Å². The second kappa shape index (κ2) is 9.74. The predicted octanol–water partition coefficient (Wildman–Crippen LogP) is 5.63. The highest BCUT2D eigenvalue weighted by Gasteiger charge is 2.21. The van der Waals surface area contributed by atoms with Gasteiger partial charge in [0, 0.05) is 31.2 Å². The maximum Gasteiger partial charge on any atom is 0.225 e. The van der Waals surface area contributed by atoms with Gasteiger partial charge < -0.3 is 10.6 Å². The number of fused-ring (bicyclic) bond motifs is 1. The lowest BCUT2D eigenvalue weighted by Gasteiger charge is -2.33. The molecule has 0 spiro atoms. The number of hydrogen-bond donors (Lipinski definition) is 2. The highest BCUT2D eigenvalue weighted by Crippen LogP contribution is 2.32. The molecule has 0 aliphatic carbocycles. The molecule has 0 saturated carbocycles. The average molecular weight is 500 g/mol. The minimum atomic E-state index is -0.560. The van der Waals surface area contributed by atoms with E-state index >= 15 is 0 Å². The van der Waals surface area contributed by atoms with Crippen molar-refractivity contribution in [3.8, 4) is 0 Å². The Morgan fingerprint density at radius 3 is 2.76 bits per heavy atom. The molecule has 5 rings (SSSR count). The van der Waals surface area contributed by atoms with Crippen molar-refractivity contribution in [1.82, 2.24) is 24.4 Å². The summed E-state index contributed by atoms with van der Waals surface area (Å²) in [5.41, 5.74) is 2.64. The van der Waals surface area contributed by atoms with Gasteiger partial charge in [-0.3, -0.25) is 9.47 Å². The largest absolute Gasteiger partial charge is 0.350 e. The standard InChI is InChI=1S/C24H24Cl2FN7/c1-33-22-20(30-24(33)31-21-18(26)10-16(25)11-19(21)27)12-28-23(32-22)29-17-8-5-9-34(14-17)13-15-6-3-2-4-7-15/h2-4,6-7,10-12,17H,5,8-9,13-14H2,1H3,(H,30,31)(H,28,29,32)/t17-/m1/s1. The number of imidazole rings is 1. The van der Waals surface area contributed by atoms with E-state index in [1.54, 1.807) is 17.8 Å². The smallest absolute Gasteiger partial charge is 0.225 e. The minimum Gasteiger partial charge on any atom is -0.350 e. The quantitative estimate of drug-likeness (QED) is 0.358. The summed E-state index contributed by atoms with van der Waals surface area (Å²) < 4.78 is 16.1. The summed E-state index contributed by atoms with van der Waals surface area (Å²) in [6.07, 6.45) is 3.83. The lowest BCUT2D eigenvalue weighted by Crippen LogP contribution is -2.41. The van der Waals surface area contributed by atoms with Crippen molar-refractivity contribution in [3.05, 3.63) is 70.1 Å². The lowest BCUT2D eigenvalue weighted by atomic mass is 10.0. The van der Waals surface area contributed by atoms with Gasteiger partial charge in [0.25, 0.3) is 0 Å². The molecule has 3 heterocycles. The number of aryl methyl sites for hydroxylation is 1. The van der Waals surface area contributed by atoms with Gasteiger partial charge in [0.2, 0.25) is 11.9 Å². The Kier molecular flexibility index (Phi) is 6.54. The number of nitrogens with zero attached hydrogens (tertiary/aromatic N) is 5. The Labute approximate surface area is 206 Å². The molecule has 0 amide bonds. The molecule has 0 unspecified atom stereocenters. The van der Waals surface area contributed by atoms with Crippen LogP contribution in [0.15, 0.2) is 48.7 Å². The molecule has 1 saturated heterocycles. The van der Waals surface area contributed by atoms with Crippen LogP contribution in [-0.4, -0.2) is 43.6 Å². The molecule has 176 valence electrons. The molecule has 34 heavy (non-hydrogen) atoms. The number of piperidine rings is 1. The van der Waals surface area contributed by atoms with Crippen molar-refractivity contribution >= 4 is 51.9 Å². The highest BCUT2D eigenvalue weighted by molar-refractivity contribution is 6.36. The topological polar surface area (TPSA) is 70.9 Å². The molecule has 1 atom stereocenters. The Bertz CT molecular complexity index is 1290. The molecular weight excluding hydrogens is 476 g/mol. The van der Waals surface area contributed by atoms with Crippen molar-refractivity contribution in [2.24, 2.45) is 7.05 Å². The lowest BCUT2D eigenvalue weighted by molar-refractivity contribution is 0.208. The fourth-order valence-corrected chi connectivity index (χ4v) is 4.79. The Balaban J connectivity index is 1.31. The first-order chi connectivity index (χ1) is 16.5. The fraction of sp³-hybridized carbons (Fsp3) is 0.292. The van der Waals surface area contributed by atoms with E-state index in [1.807, 2.05) is 6.07 Å². The number of nitrogens with one attached hydrogen (secondary N) is 2. The first-order valence-corrected chi connectivity index (χ1v) is 11.9. The molecule has 0 radical (unpaired) electrons. The van der Waals surface area contributed by atoms with Crippen LogP contribution in [0.1, 0.15) is 18.4 Å². The second-order valence-corrected chi connectivity index (χ2v) is 9.31. The normalized spacial score (nSPS) is 16.6. The molecule has 4 aromatic rings. The number of hydrogen-bond acceptors (Lipinski definition) is 6. The maximum atomic E-state index is 14.4. The predicted molar refractivity (Wildman–Crippen MR) is 134 cm³/mol. The van der Waals surface area contributed by atoms with Gasteiger partial charge in [-0.2, -0.15) is 4.98 Å². The van der Waals surface area contributed by atoms with Crippen LogP contribution >= 0.6 is 23.2 Å². The SMILES string of the molecule is Cn1c(Nc2c(F)cc(Cl)cc2Cl)nc2cnc(N[C@@H]3CCCN(Cc4ccccc4)C3)nc21. The summed E-state index contributed by atoms with van der Waals surface area (Å²) >= 11 is 12.0. The molecule has 2 aromatic heterocycles.